The van der Waals surface area contributed by atoms with Crippen LogP contribution in [0.5, 0.6) is 0 Å². The molecule has 1 unspecified atom stereocenters. The Bertz CT molecular complexity index is 1060. The van der Waals surface area contributed by atoms with Gasteiger partial charge in [-0.1, -0.05) is 37.6 Å². The topological polar surface area (TPSA) is 82.2 Å². The maximum absolute atomic E-state index is 14.0. The van der Waals surface area contributed by atoms with Crippen molar-refractivity contribution in [1.29, 1.82) is 0 Å². The average Bonchev–Trinajstić information content (AvgIpc) is 2.72. The first-order valence-electron chi connectivity index (χ1n) is 9.86. The van der Waals surface area contributed by atoms with E-state index in [1.165, 1.54) is 6.07 Å². The zero-order chi connectivity index (χ0) is 20.8. The van der Waals surface area contributed by atoms with E-state index < -0.39 is 11.7 Å². The predicted octanol–water partition coefficient (Wildman–Crippen LogP) is 4.06. The van der Waals surface area contributed by atoms with Gasteiger partial charge in [0.1, 0.15) is 5.82 Å². The number of aromatic nitrogens is 1. The second-order valence-corrected chi connectivity index (χ2v) is 7.09. The molecule has 1 heterocycles. The molecule has 2 aromatic carbocycles. The fourth-order valence-corrected chi connectivity index (χ4v) is 3.25. The summed E-state index contributed by atoms with van der Waals surface area (Å²) in [6.07, 6.45) is 1.51. The van der Waals surface area contributed by atoms with E-state index in [2.05, 4.69) is 10.3 Å². The lowest BCUT2D eigenvalue weighted by atomic mass is 10.0. The molecule has 1 amide bonds. The van der Waals surface area contributed by atoms with Crippen LogP contribution in [0.2, 0.25) is 0 Å². The molecule has 0 spiro atoms. The van der Waals surface area contributed by atoms with Gasteiger partial charge in [0.2, 0.25) is 5.91 Å². The van der Waals surface area contributed by atoms with Crippen LogP contribution >= 0.6 is 0 Å². The van der Waals surface area contributed by atoms with E-state index in [0.29, 0.717) is 29.6 Å². The summed E-state index contributed by atoms with van der Waals surface area (Å²) in [5, 5.41) is 14.3. The molecule has 0 radical (unpaired) electrons. The lowest BCUT2D eigenvalue weighted by molar-refractivity contribution is -0.121. The molecule has 0 saturated heterocycles. The van der Waals surface area contributed by atoms with Crippen LogP contribution in [-0.4, -0.2) is 22.5 Å². The Labute approximate surface area is 168 Å². The number of pyridine rings is 1. The SMILES string of the molecule is CCCCC(=O)NCCC(O)c1ccc(-c2ccc3cccc(F)c3c2)[nH]c1=O. The molecule has 0 aliphatic heterocycles. The van der Waals surface area contributed by atoms with Crippen LogP contribution in [0.3, 0.4) is 0 Å². The van der Waals surface area contributed by atoms with Gasteiger partial charge in [0, 0.05) is 29.6 Å². The molecular weight excluding hydrogens is 371 g/mol. The summed E-state index contributed by atoms with van der Waals surface area (Å²) in [5.41, 5.74) is 1.07. The van der Waals surface area contributed by atoms with E-state index in [-0.39, 0.29) is 23.7 Å². The number of aliphatic hydroxyl groups is 1. The number of halogens is 1. The Morgan fingerprint density at radius 1 is 1.21 bits per heavy atom. The number of H-pyrrole nitrogens is 1. The lowest BCUT2D eigenvalue weighted by Crippen LogP contribution is -2.26. The number of aromatic amines is 1. The van der Waals surface area contributed by atoms with Gasteiger partial charge in [0.05, 0.1) is 6.10 Å². The summed E-state index contributed by atoms with van der Waals surface area (Å²) in [4.78, 5) is 26.8. The molecule has 0 fully saturated rings. The first-order valence-corrected chi connectivity index (χ1v) is 9.86. The van der Waals surface area contributed by atoms with Crippen molar-refractivity contribution in [1.82, 2.24) is 10.3 Å². The minimum absolute atomic E-state index is 0.0492. The Kier molecular flexibility index (Phi) is 6.77. The van der Waals surface area contributed by atoms with Gasteiger partial charge < -0.3 is 15.4 Å². The molecule has 3 rings (SSSR count). The lowest BCUT2D eigenvalue weighted by Gasteiger charge is -2.12. The number of hydrogen-bond acceptors (Lipinski definition) is 3. The normalized spacial score (nSPS) is 12.1. The van der Waals surface area contributed by atoms with Crippen LogP contribution in [0.25, 0.3) is 22.0 Å². The highest BCUT2D eigenvalue weighted by molar-refractivity contribution is 5.87. The highest BCUT2D eigenvalue weighted by Crippen LogP contribution is 2.25. The highest BCUT2D eigenvalue weighted by Gasteiger charge is 2.13. The molecule has 152 valence electrons. The van der Waals surface area contributed by atoms with Crippen molar-refractivity contribution in [3.8, 4) is 11.3 Å². The smallest absolute Gasteiger partial charge is 0.254 e. The molecule has 3 aromatic rings. The van der Waals surface area contributed by atoms with Gasteiger partial charge in [-0.2, -0.15) is 0 Å². The zero-order valence-electron chi connectivity index (χ0n) is 16.4. The first-order chi connectivity index (χ1) is 14.0. The number of amides is 1. The van der Waals surface area contributed by atoms with Crippen molar-refractivity contribution < 1.29 is 14.3 Å². The van der Waals surface area contributed by atoms with E-state index >= 15 is 0 Å². The largest absolute Gasteiger partial charge is 0.388 e. The predicted molar refractivity (Wildman–Crippen MR) is 112 cm³/mol. The van der Waals surface area contributed by atoms with Gasteiger partial charge >= 0.3 is 0 Å². The number of aliphatic hydroxyl groups excluding tert-OH is 1. The van der Waals surface area contributed by atoms with Crippen LogP contribution in [0.4, 0.5) is 4.39 Å². The quantitative estimate of drug-likeness (QED) is 0.537. The van der Waals surface area contributed by atoms with Crippen molar-refractivity contribution in [2.45, 2.75) is 38.7 Å². The number of nitrogens with one attached hydrogen (secondary N) is 2. The average molecular weight is 396 g/mol. The van der Waals surface area contributed by atoms with E-state index in [9.17, 15) is 19.1 Å². The summed E-state index contributed by atoms with van der Waals surface area (Å²) >= 11 is 0. The molecule has 6 heteroatoms. The summed E-state index contributed by atoms with van der Waals surface area (Å²) in [6, 6.07) is 13.5. The fourth-order valence-electron chi connectivity index (χ4n) is 3.25. The zero-order valence-corrected chi connectivity index (χ0v) is 16.4. The molecule has 0 saturated carbocycles. The van der Waals surface area contributed by atoms with Gasteiger partial charge in [-0.3, -0.25) is 9.59 Å². The number of benzene rings is 2. The van der Waals surface area contributed by atoms with Crippen LogP contribution < -0.4 is 10.9 Å². The van der Waals surface area contributed by atoms with Crippen LogP contribution in [0, 0.1) is 5.82 Å². The second kappa shape index (κ2) is 9.47. The Hall–Kier alpha value is -2.99. The number of rotatable bonds is 8. The van der Waals surface area contributed by atoms with E-state index in [0.717, 1.165) is 18.2 Å². The Morgan fingerprint density at radius 2 is 2.03 bits per heavy atom. The van der Waals surface area contributed by atoms with Crippen LogP contribution in [-0.2, 0) is 4.79 Å². The summed E-state index contributed by atoms with van der Waals surface area (Å²) in [6.45, 7) is 2.32. The summed E-state index contributed by atoms with van der Waals surface area (Å²) in [5.74, 6) is -0.369. The van der Waals surface area contributed by atoms with Crippen LogP contribution in [0.1, 0.15) is 44.3 Å². The number of hydrogen-bond donors (Lipinski definition) is 3. The maximum Gasteiger partial charge on any atom is 0.254 e. The minimum atomic E-state index is -0.978. The molecule has 1 aromatic heterocycles. The van der Waals surface area contributed by atoms with Gasteiger partial charge in [-0.15, -0.1) is 0 Å². The van der Waals surface area contributed by atoms with Gasteiger partial charge in [-0.25, -0.2) is 4.39 Å². The standard InChI is InChI=1S/C23H25FN2O3/c1-2-3-7-22(28)25-13-12-21(27)17-10-11-20(26-23(17)29)16-9-8-15-5-4-6-19(24)18(15)14-16/h4-6,8-11,14,21,27H,2-3,7,12-13H2,1H3,(H,25,28)(H,26,29). The number of carbonyl (C=O) groups excluding carboxylic acids is 1. The number of carbonyl (C=O) groups is 1. The third kappa shape index (κ3) is 5.09. The molecule has 29 heavy (non-hydrogen) atoms. The van der Waals surface area contributed by atoms with E-state index in [1.807, 2.05) is 19.1 Å². The number of unbranched alkanes of at least 4 members (excludes halogenated alkanes) is 1. The van der Waals surface area contributed by atoms with Crippen molar-refractivity contribution in [2.24, 2.45) is 0 Å². The van der Waals surface area contributed by atoms with Gasteiger partial charge in [0.25, 0.3) is 5.56 Å². The third-order valence-electron chi connectivity index (χ3n) is 4.94. The molecule has 0 aliphatic rings. The van der Waals surface area contributed by atoms with Crippen LogP contribution in [0.15, 0.2) is 53.3 Å². The molecule has 0 aliphatic carbocycles. The van der Waals surface area contributed by atoms with E-state index in [1.54, 1.807) is 30.3 Å². The molecule has 5 nitrogen and oxygen atoms in total. The fraction of sp³-hybridized carbons (Fsp3) is 0.304. The minimum Gasteiger partial charge on any atom is -0.388 e. The second-order valence-electron chi connectivity index (χ2n) is 7.09. The monoisotopic (exact) mass is 396 g/mol. The van der Waals surface area contributed by atoms with Gasteiger partial charge in [0.15, 0.2) is 0 Å². The summed E-state index contributed by atoms with van der Waals surface area (Å²) < 4.78 is 14.0. The van der Waals surface area contributed by atoms with Crippen molar-refractivity contribution in [3.05, 3.63) is 70.3 Å². The Balaban J connectivity index is 1.71. The summed E-state index contributed by atoms with van der Waals surface area (Å²) in [7, 11) is 0. The first kappa shape index (κ1) is 20.7. The Morgan fingerprint density at radius 3 is 2.79 bits per heavy atom. The number of fused-ring (bicyclic) bond motifs is 1. The molecular formula is C23H25FN2O3. The molecule has 1 atom stereocenters. The third-order valence-corrected chi connectivity index (χ3v) is 4.94. The molecule has 3 N–H and O–H groups in total. The van der Waals surface area contributed by atoms with Crippen molar-refractivity contribution >= 4 is 16.7 Å². The highest BCUT2D eigenvalue weighted by atomic mass is 19.1. The van der Waals surface area contributed by atoms with Crippen molar-refractivity contribution in [2.75, 3.05) is 6.54 Å². The van der Waals surface area contributed by atoms with Gasteiger partial charge in [-0.05, 0) is 48.1 Å². The van der Waals surface area contributed by atoms with E-state index in [4.69, 9.17) is 0 Å². The maximum atomic E-state index is 14.0. The van der Waals surface area contributed by atoms with Crippen molar-refractivity contribution in [3.63, 3.8) is 0 Å². The molecule has 0 bridgehead atoms.